The minimum atomic E-state index is 0.185. The molecule has 2 fully saturated rings. The molecule has 0 spiro atoms. The van der Waals surface area contributed by atoms with Crippen LogP contribution in [0, 0.1) is 11.8 Å². The molecule has 2 heteroatoms. The van der Waals surface area contributed by atoms with E-state index in [1.165, 1.54) is 36.8 Å². The number of hydrogen-bond donors (Lipinski definition) is 2. The van der Waals surface area contributed by atoms with Crippen LogP contribution in [0.25, 0.3) is 0 Å². The van der Waals surface area contributed by atoms with Gasteiger partial charge in [-0.15, -0.1) is 0 Å². The van der Waals surface area contributed by atoms with Gasteiger partial charge in [0.1, 0.15) is 0 Å². The summed E-state index contributed by atoms with van der Waals surface area (Å²) < 4.78 is 0. The fraction of sp³-hybridized carbons (Fsp3) is 0.778. The Morgan fingerprint density at radius 2 is 1.28 bits per heavy atom. The van der Waals surface area contributed by atoms with Gasteiger partial charge in [0.15, 0.2) is 0 Å². The molecule has 29 heavy (non-hydrogen) atoms. The zero-order valence-electron chi connectivity index (χ0n) is 20.5. The Labute approximate surface area is 180 Å². The molecule has 4 unspecified atom stereocenters. The Morgan fingerprint density at radius 1 is 0.759 bits per heavy atom. The van der Waals surface area contributed by atoms with Gasteiger partial charge in [-0.3, -0.25) is 0 Å². The van der Waals surface area contributed by atoms with Crippen LogP contribution in [-0.2, 0) is 0 Å². The van der Waals surface area contributed by atoms with E-state index in [4.69, 9.17) is 0 Å². The van der Waals surface area contributed by atoms with Gasteiger partial charge in [-0.25, -0.2) is 0 Å². The number of piperidine rings is 2. The van der Waals surface area contributed by atoms with Crippen LogP contribution in [0.15, 0.2) is 24.3 Å². The SMILES string of the molecule is CC(C)C1CC(c2ccc(C3CC(C)(C)NC(C)(C(C)C)C3)cc2)CC(C)(C)N1. The van der Waals surface area contributed by atoms with E-state index in [0.717, 1.165) is 0 Å². The van der Waals surface area contributed by atoms with Crippen LogP contribution in [0.5, 0.6) is 0 Å². The Balaban J connectivity index is 1.79. The molecule has 0 aromatic heterocycles. The van der Waals surface area contributed by atoms with Gasteiger partial charge in [0, 0.05) is 22.7 Å². The molecule has 0 bridgehead atoms. The van der Waals surface area contributed by atoms with Gasteiger partial charge in [0.05, 0.1) is 0 Å². The monoisotopic (exact) mass is 398 g/mol. The van der Waals surface area contributed by atoms with Gasteiger partial charge >= 0.3 is 0 Å². The van der Waals surface area contributed by atoms with Crippen molar-refractivity contribution in [2.75, 3.05) is 0 Å². The van der Waals surface area contributed by atoms with Crippen LogP contribution >= 0.6 is 0 Å². The molecule has 0 radical (unpaired) electrons. The average Bonchev–Trinajstić information content (AvgIpc) is 2.58. The van der Waals surface area contributed by atoms with E-state index in [0.29, 0.717) is 29.7 Å². The predicted octanol–water partition coefficient (Wildman–Crippen LogP) is 6.62. The van der Waals surface area contributed by atoms with Crippen molar-refractivity contribution in [2.45, 2.75) is 122 Å². The quantitative estimate of drug-likeness (QED) is 0.596. The van der Waals surface area contributed by atoms with E-state index in [1.54, 1.807) is 0 Å². The molecule has 2 saturated heterocycles. The van der Waals surface area contributed by atoms with Gasteiger partial charge in [0.25, 0.3) is 0 Å². The van der Waals surface area contributed by atoms with Crippen molar-refractivity contribution in [3.8, 4) is 0 Å². The highest BCUT2D eigenvalue weighted by Crippen LogP contribution is 2.43. The molecule has 1 aromatic carbocycles. The highest BCUT2D eigenvalue weighted by atomic mass is 15.1. The van der Waals surface area contributed by atoms with Crippen molar-refractivity contribution >= 4 is 0 Å². The highest BCUT2D eigenvalue weighted by Gasteiger charge is 2.42. The van der Waals surface area contributed by atoms with E-state index in [1.807, 2.05) is 0 Å². The maximum absolute atomic E-state index is 3.95. The summed E-state index contributed by atoms with van der Waals surface area (Å²) in [6, 6.07) is 10.4. The smallest absolute Gasteiger partial charge is 0.0187 e. The Kier molecular flexibility index (Phi) is 6.30. The number of rotatable bonds is 4. The van der Waals surface area contributed by atoms with Crippen molar-refractivity contribution in [2.24, 2.45) is 11.8 Å². The molecule has 164 valence electrons. The standard InChI is InChI=1S/C27H46N2/c1-18(2)24-14-22(15-25(5,6)28-24)20-10-12-21(13-11-20)23-16-26(7,8)29-27(9,17-23)19(3)4/h10-13,18-19,22-24,28-29H,14-17H2,1-9H3. The maximum atomic E-state index is 3.95. The summed E-state index contributed by atoms with van der Waals surface area (Å²) in [5.41, 5.74) is 3.67. The second-order valence-electron chi connectivity index (χ2n) is 12.4. The van der Waals surface area contributed by atoms with E-state index in [9.17, 15) is 0 Å². The summed E-state index contributed by atoms with van der Waals surface area (Å²) in [5, 5.41) is 7.83. The highest BCUT2D eigenvalue weighted by molar-refractivity contribution is 5.30. The van der Waals surface area contributed by atoms with Gasteiger partial charge < -0.3 is 10.6 Å². The summed E-state index contributed by atoms with van der Waals surface area (Å²) in [5.74, 6) is 2.62. The lowest BCUT2D eigenvalue weighted by atomic mass is 9.68. The van der Waals surface area contributed by atoms with Crippen molar-refractivity contribution in [1.29, 1.82) is 0 Å². The Hall–Kier alpha value is -0.860. The van der Waals surface area contributed by atoms with Crippen LogP contribution < -0.4 is 10.6 Å². The van der Waals surface area contributed by atoms with Gasteiger partial charge in [-0.2, -0.15) is 0 Å². The molecule has 0 saturated carbocycles. The molecule has 2 heterocycles. The predicted molar refractivity (Wildman–Crippen MR) is 127 cm³/mol. The first-order chi connectivity index (χ1) is 13.3. The third-order valence-corrected chi connectivity index (χ3v) is 7.88. The first-order valence-electron chi connectivity index (χ1n) is 12.0. The van der Waals surface area contributed by atoms with E-state index in [-0.39, 0.29) is 16.6 Å². The molecular weight excluding hydrogens is 352 g/mol. The summed E-state index contributed by atoms with van der Waals surface area (Å²) >= 11 is 0. The van der Waals surface area contributed by atoms with Gasteiger partial charge in [0.2, 0.25) is 0 Å². The lowest BCUT2D eigenvalue weighted by Crippen LogP contribution is -2.61. The zero-order chi connectivity index (χ0) is 21.6. The summed E-state index contributed by atoms with van der Waals surface area (Å²) in [6.07, 6.45) is 4.92. The molecular formula is C27H46N2. The first kappa shape index (κ1) is 22.8. The Morgan fingerprint density at radius 3 is 1.79 bits per heavy atom. The molecule has 2 aliphatic rings. The van der Waals surface area contributed by atoms with Crippen LogP contribution in [0.2, 0.25) is 0 Å². The van der Waals surface area contributed by atoms with Crippen LogP contribution in [0.4, 0.5) is 0 Å². The van der Waals surface area contributed by atoms with Crippen molar-refractivity contribution in [3.63, 3.8) is 0 Å². The van der Waals surface area contributed by atoms with Crippen molar-refractivity contribution in [3.05, 3.63) is 35.4 Å². The maximum Gasteiger partial charge on any atom is 0.0187 e. The fourth-order valence-electron chi connectivity index (χ4n) is 6.05. The number of benzene rings is 1. The van der Waals surface area contributed by atoms with E-state index < -0.39 is 0 Å². The fourth-order valence-corrected chi connectivity index (χ4v) is 6.05. The molecule has 2 nitrogen and oxygen atoms in total. The molecule has 1 aromatic rings. The minimum Gasteiger partial charge on any atom is -0.309 e. The van der Waals surface area contributed by atoms with Crippen LogP contribution in [-0.4, -0.2) is 22.7 Å². The molecule has 0 amide bonds. The van der Waals surface area contributed by atoms with Gasteiger partial charge in [-0.1, -0.05) is 52.0 Å². The molecule has 2 aliphatic heterocycles. The topological polar surface area (TPSA) is 24.1 Å². The lowest BCUT2D eigenvalue weighted by Gasteiger charge is -2.50. The second-order valence-corrected chi connectivity index (χ2v) is 12.4. The van der Waals surface area contributed by atoms with Crippen LogP contribution in [0.3, 0.4) is 0 Å². The van der Waals surface area contributed by atoms with E-state index >= 15 is 0 Å². The summed E-state index contributed by atoms with van der Waals surface area (Å²) in [6.45, 7) is 21.3. The summed E-state index contributed by atoms with van der Waals surface area (Å²) in [4.78, 5) is 0. The van der Waals surface area contributed by atoms with Crippen LogP contribution in [0.1, 0.15) is 111 Å². The second kappa shape index (κ2) is 8.00. The number of nitrogens with one attached hydrogen (secondary N) is 2. The molecule has 2 N–H and O–H groups in total. The summed E-state index contributed by atoms with van der Waals surface area (Å²) in [7, 11) is 0. The minimum absolute atomic E-state index is 0.185. The molecule has 4 atom stereocenters. The van der Waals surface area contributed by atoms with E-state index in [2.05, 4.69) is 97.2 Å². The largest absolute Gasteiger partial charge is 0.309 e. The molecule has 3 rings (SSSR count). The normalized spacial score (nSPS) is 34.5. The average molecular weight is 399 g/mol. The van der Waals surface area contributed by atoms with Crippen molar-refractivity contribution in [1.82, 2.24) is 10.6 Å². The third kappa shape index (κ3) is 5.25. The zero-order valence-corrected chi connectivity index (χ0v) is 20.5. The van der Waals surface area contributed by atoms with Gasteiger partial charge in [-0.05, 0) is 95.1 Å². The Bertz CT molecular complexity index is 685. The first-order valence-corrected chi connectivity index (χ1v) is 12.0. The van der Waals surface area contributed by atoms with Crippen molar-refractivity contribution < 1.29 is 0 Å². The third-order valence-electron chi connectivity index (χ3n) is 7.88. The molecule has 0 aliphatic carbocycles. The number of hydrogen-bond acceptors (Lipinski definition) is 2. The lowest BCUT2D eigenvalue weighted by molar-refractivity contribution is 0.108.